The van der Waals surface area contributed by atoms with Gasteiger partial charge in [-0.15, -0.1) is 0 Å². The first-order chi connectivity index (χ1) is 10.0. The number of nitrogens with one attached hydrogen (secondary N) is 1. The van der Waals surface area contributed by atoms with Gasteiger partial charge in [-0.3, -0.25) is 4.90 Å². The third kappa shape index (κ3) is 6.06. The number of piperidine rings is 1. The Morgan fingerprint density at radius 1 is 1.14 bits per heavy atom. The third-order valence-corrected chi connectivity index (χ3v) is 3.96. The van der Waals surface area contributed by atoms with Crippen molar-refractivity contribution < 1.29 is 13.2 Å². The first kappa shape index (κ1) is 16.3. The molecule has 2 rings (SSSR count). The Kier molecular flexibility index (Phi) is 6.06. The van der Waals surface area contributed by atoms with Crippen LogP contribution in [-0.4, -0.2) is 36.8 Å². The van der Waals surface area contributed by atoms with E-state index < -0.39 is 12.7 Å². The Labute approximate surface area is 124 Å². The number of hydrogen-bond donors (Lipinski definition) is 1. The van der Waals surface area contributed by atoms with Crippen molar-refractivity contribution >= 4 is 0 Å². The summed E-state index contributed by atoms with van der Waals surface area (Å²) in [6.45, 7) is 1.47. The Morgan fingerprint density at radius 2 is 1.90 bits per heavy atom. The standard InChI is InChI=1S/C16H23F3N2/c17-16(18,19)13-20-10-9-15-8-4-5-11-21(15)12-14-6-2-1-3-7-14/h1-3,6-7,15,20H,4-5,8-13H2. The number of nitrogens with zero attached hydrogens (tertiary/aromatic N) is 1. The maximum Gasteiger partial charge on any atom is 0.401 e. The first-order valence-electron chi connectivity index (χ1n) is 7.60. The monoisotopic (exact) mass is 300 g/mol. The highest BCUT2D eigenvalue weighted by atomic mass is 19.4. The average molecular weight is 300 g/mol. The van der Waals surface area contributed by atoms with Gasteiger partial charge in [-0.25, -0.2) is 0 Å². The van der Waals surface area contributed by atoms with Gasteiger partial charge in [0.05, 0.1) is 6.54 Å². The van der Waals surface area contributed by atoms with Crippen molar-refractivity contribution in [3.05, 3.63) is 35.9 Å². The first-order valence-corrected chi connectivity index (χ1v) is 7.60. The molecule has 1 N–H and O–H groups in total. The molecule has 2 nitrogen and oxygen atoms in total. The van der Waals surface area contributed by atoms with E-state index in [0.29, 0.717) is 12.6 Å². The summed E-state index contributed by atoms with van der Waals surface area (Å²) in [6.07, 6.45) is 0.105. The van der Waals surface area contributed by atoms with Crippen LogP contribution in [0.3, 0.4) is 0 Å². The Bertz CT molecular complexity index is 406. The molecule has 0 saturated carbocycles. The number of hydrogen-bond acceptors (Lipinski definition) is 2. The normalized spacial score (nSPS) is 20.6. The molecule has 1 heterocycles. The molecule has 1 aliphatic heterocycles. The molecule has 21 heavy (non-hydrogen) atoms. The van der Waals surface area contributed by atoms with Crippen LogP contribution < -0.4 is 5.32 Å². The minimum Gasteiger partial charge on any atom is -0.309 e. The van der Waals surface area contributed by atoms with Crippen LogP contribution in [0.5, 0.6) is 0 Å². The number of rotatable bonds is 6. The predicted octanol–water partition coefficient (Wildman–Crippen LogP) is 3.58. The van der Waals surface area contributed by atoms with Crippen molar-refractivity contribution in [3.8, 4) is 0 Å². The van der Waals surface area contributed by atoms with Crippen LogP contribution in [0.15, 0.2) is 30.3 Å². The Balaban J connectivity index is 1.79. The second-order valence-corrected chi connectivity index (χ2v) is 5.69. The lowest BCUT2D eigenvalue weighted by molar-refractivity contribution is -0.124. The van der Waals surface area contributed by atoms with Gasteiger partial charge in [0.25, 0.3) is 0 Å². The van der Waals surface area contributed by atoms with E-state index in [1.165, 1.54) is 18.4 Å². The third-order valence-electron chi connectivity index (χ3n) is 3.96. The summed E-state index contributed by atoms with van der Waals surface area (Å²) in [5, 5.41) is 2.51. The molecule has 0 aliphatic carbocycles. The fourth-order valence-electron chi connectivity index (χ4n) is 2.91. The largest absolute Gasteiger partial charge is 0.401 e. The van der Waals surface area contributed by atoms with Gasteiger partial charge in [0.15, 0.2) is 0 Å². The second-order valence-electron chi connectivity index (χ2n) is 5.69. The molecule has 1 saturated heterocycles. The van der Waals surface area contributed by atoms with Crippen LogP contribution >= 0.6 is 0 Å². The highest BCUT2D eigenvalue weighted by Crippen LogP contribution is 2.22. The molecule has 1 unspecified atom stereocenters. The maximum absolute atomic E-state index is 12.1. The predicted molar refractivity (Wildman–Crippen MR) is 78.0 cm³/mol. The van der Waals surface area contributed by atoms with Gasteiger partial charge in [0.1, 0.15) is 0 Å². The number of benzene rings is 1. The molecule has 1 atom stereocenters. The zero-order valence-corrected chi connectivity index (χ0v) is 12.2. The van der Waals surface area contributed by atoms with E-state index in [1.807, 2.05) is 18.2 Å². The quantitative estimate of drug-likeness (QED) is 0.808. The summed E-state index contributed by atoms with van der Waals surface area (Å²) in [5.74, 6) is 0. The molecule has 1 aromatic carbocycles. The molecule has 0 bridgehead atoms. The highest BCUT2D eigenvalue weighted by Gasteiger charge is 2.27. The molecule has 118 valence electrons. The SMILES string of the molecule is FC(F)(F)CNCCC1CCCCN1Cc1ccccc1. The van der Waals surface area contributed by atoms with E-state index in [2.05, 4.69) is 22.3 Å². The lowest BCUT2D eigenvalue weighted by Crippen LogP contribution is -2.41. The molecule has 1 aromatic rings. The van der Waals surface area contributed by atoms with E-state index in [-0.39, 0.29) is 0 Å². The number of alkyl halides is 3. The summed E-state index contributed by atoms with van der Waals surface area (Å²) in [6, 6.07) is 10.7. The van der Waals surface area contributed by atoms with Gasteiger partial charge in [-0.05, 0) is 37.9 Å². The summed E-state index contributed by atoms with van der Waals surface area (Å²) in [7, 11) is 0. The molecular formula is C16H23F3N2. The smallest absolute Gasteiger partial charge is 0.309 e. The van der Waals surface area contributed by atoms with Crippen molar-refractivity contribution in [1.29, 1.82) is 0 Å². The van der Waals surface area contributed by atoms with Crippen LogP contribution in [0.2, 0.25) is 0 Å². The fourth-order valence-corrected chi connectivity index (χ4v) is 2.91. The van der Waals surface area contributed by atoms with Gasteiger partial charge in [-0.1, -0.05) is 36.8 Å². The van der Waals surface area contributed by atoms with Crippen molar-refractivity contribution in [1.82, 2.24) is 10.2 Å². The summed E-state index contributed by atoms with van der Waals surface area (Å²) in [4.78, 5) is 2.41. The van der Waals surface area contributed by atoms with Gasteiger partial charge < -0.3 is 5.32 Å². The summed E-state index contributed by atoms with van der Waals surface area (Å²) in [5.41, 5.74) is 1.27. The Hall–Kier alpha value is -1.07. The van der Waals surface area contributed by atoms with Crippen molar-refractivity contribution in [2.75, 3.05) is 19.6 Å². The van der Waals surface area contributed by atoms with Crippen LogP contribution in [0, 0.1) is 0 Å². The molecule has 0 aromatic heterocycles. The lowest BCUT2D eigenvalue weighted by atomic mass is 9.98. The topological polar surface area (TPSA) is 15.3 Å². The van der Waals surface area contributed by atoms with E-state index in [4.69, 9.17) is 0 Å². The molecule has 1 aliphatic rings. The molecule has 0 amide bonds. The second kappa shape index (κ2) is 7.80. The van der Waals surface area contributed by atoms with Crippen LogP contribution in [0.4, 0.5) is 13.2 Å². The number of likely N-dealkylation sites (tertiary alicyclic amines) is 1. The van der Waals surface area contributed by atoms with Crippen LogP contribution in [0.25, 0.3) is 0 Å². The van der Waals surface area contributed by atoms with Crippen LogP contribution in [-0.2, 0) is 6.54 Å². The van der Waals surface area contributed by atoms with Crippen molar-refractivity contribution in [2.45, 2.75) is 44.4 Å². The number of halogens is 3. The molecule has 0 radical (unpaired) electrons. The maximum atomic E-state index is 12.1. The van der Waals surface area contributed by atoms with Crippen molar-refractivity contribution in [3.63, 3.8) is 0 Å². The minimum atomic E-state index is -4.11. The van der Waals surface area contributed by atoms with E-state index in [0.717, 1.165) is 25.9 Å². The van der Waals surface area contributed by atoms with E-state index in [1.54, 1.807) is 0 Å². The average Bonchev–Trinajstić information content (AvgIpc) is 2.45. The van der Waals surface area contributed by atoms with E-state index >= 15 is 0 Å². The fraction of sp³-hybridized carbons (Fsp3) is 0.625. The molecule has 1 fully saturated rings. The Morgan fingerprint density at radius 3 is 2.62 bits per heavy atom. The highest BCUT2D eigenvalue weighted by molar-refractivity contribution is 5.14. The lowest BCUT2D eigenvalue weighted by Gasteiger charge is -2.36. The van der Waals surface area contributed by atoms with Gasteiger partial charge in [0, 0.05) is 12.6 Å². The van der Waals surface area contributed by atoms with Gasteiger partial charge in [0.2, 0.25) is 0 Å². The molecular weight excluding hydrogens is 277 g/mol. The summed E-state index contributed by atoms with van der Waals surface area (Å²) >= 11 is 0. The summed E-state index contributed by atoms with van der Waals surface area (Å²) < 4.78 is 36.3. The minimum absolute atomic E-state index is 0.389. The zero-order valence-electron chi connectivity index (χ0n) is 12.2. The van der Waals surface area contributed by atoms with E-state index in [9.17, 15) is 13.2 Å². The van der Waals surface area contributed by atoms with Crippen LogP contribution in [0.1, 0.15) is 31.2 Å². The zero-order chi connectivity index (χ0) is 15.1. The van der Waals surface area contributed by atoms with Gasteiger partial charge >= 0.3 is 6.18 Å². The molecule has 5 heteroatoms. The molecule has 0 spiro atoms. The van der Waals surface area contributed by atoms with Gasteiger partial charge in [-0.2, -0.15) is 13.2 Å². The van der Waals surface area contributed by atoms with Crippen molar-refractivity contribution in [2.24, 2.45) is 0 Å².